The van der Waals surface area contributed by atoms with Gasteiger partial charge in [0, 0.05) is 0 Å². The molecule has 16 heavy (non-hydrogen) atoms. The third-order valence-electron chi connectivity index (χ3n) is 1.83. The molecular formula is C11H14O4S. The van der Waals surface area contributed by atoms with Gasteiger partial charge in [0.25, 0.3) is 0 Å². The van der Waals surface area contributed by atoms with E-state index in [0.717, 1.165) is 12.8 Å². The van der Waals surface area contributed by atoms with Crippen LogP contribution in [0, 0.1) is 0 Å². The molecule has 5 heteroatoms. The van der Waals surface area contributed by atoms with Crippen molar-refractivity contribution in [1.82, 2.24) is 0 Å². The van der Waals surface area contributed by atoms with E-state index in [1.54, 1.807) is 30.3 Å². The van der Waals surface area contributed by atoms with Gasteiger partial charge in [0.1, 0.15) is 0 Å². The summed E-state index contributed by atoms with van der Waals surface area (Å²) in [5, 5.41) is 0. The Kier molecular flexibility index (Phi) is 5.74. The zero-order valence-electron chi connectivity index (χ0n) is 9.05. The molecule has 1 aromatic rings. The number of unbranched alkanes of at least 4 members (excludes halogenated alkanes) is 1. The summed E-state index contributed by atoms with van der Waals surface area (Å²) in [6.07, 6.45) is 1.72. The lowest BCUT2D eigenvalue weighted by molar-refractivity contribution is 0.0732. The van der Waals surface area contributed by atoms with Crippen molar-refractivity contribution in [1.29, 1.82) is 0 Å². The van der Waals surface area contributed by atoms with E-state index in [1.807, 2.05) is 6.92 Å². The molecule has 0 radical (unpaired) electrons. The zero-order valence-corrected chi connectivity index (χ0v) is 9.87. The second-order valence-corrected chi connectivity index (χ2v) is 3.93. The molecule has 0 N–H and O–H groups in total. The van der Waals surface area contributed by atoms with Crippen molar-refractivity contribution >= 4 is 17.3 Å². The highest BCUT2D eigenvalue weighted by Gasteiger charge is 2.11. The normalized spacial score (nSPS) is 12.1. The van der Waals surface area contributed by atoms with Crippen LogP contribution in [-0.2, 0) is 19.7 Å². The molecule has 0 spiro atoms. The van der Waals surface area contributed by atoms with Crippen LogP contribution in [0.3, 0.4) is 0 Å². The minimum absolute atomic E-state index is 0.325. The second-order valence-electron chi connectivity index (χ2n) is 3.12. The summed E-state index contributed by atoms with van der Waals surface area (Å²) >= 11 is -2.00. The zero-order chi connectivity index (χ0) is 11.8. The smallest absolute Gasteiger partial charge is 0.339 e. The van der Waals surface area contributed by atoms with E-state index in [9.17, 15) is 9.00 Å². The summed E-state index contributed by atoms with van der Waals surface area (Å²) < 4.78 is 20.5. The highest BCUT2D eigenvalue weighted by atomic mass is 32.2. The molecule has 0 amide bonds. The lowest BCUT2D eigenvalue weighted by Gasteiger charge is -2.02. The van der Waals surface area contributed by atoms with Crippen molar-refractivity contribution in [3.05, 3.63) is 35.9 Å². The SMILES string of the molecule is CCCCOS(=O)OC(=O)c1ccccc1. The van der Waals surface area contributed by atoms with Crippen molar-refractivity contribution in [3.63, 3.8) is 0 Å². The first-order valence-corrected chi connectivity index (χ1v) is 6.06. The molecule has 1 unspecified atom stereocenters. The highest BCUT2D eigenvalue weighted by Crippen LogP contribution is 2.03. The van der Waals surface area contributed by atoms with Gasteiger partial charge in [0.2, 0.25) is 0 Å². The fourth-order valence-electron chi connectivity index (χ4n) is 0.980. The molecule has 0 aromatic heterocycles. The molecule has 0 saturated carbocycles. The maximum atomic E-state index is 11.4. The quantitative estimate of drug-likeness (QED) is 0.718. The lowest BCUT2D eigenvalue weighted by atomic mass is 10.2. The maximum Gasteiger partial charge on any atom is 0.363 e. The number of carbonyl (C=O) groups is 1. The summed E-state index contributed by atoms with van der Waals surface area (Å²) in [6.45, 7) is 2.31. The first-order chi connectivity index (χ1) is 7.74. The van der Waals surface area contributed by atoms with E-state index in [0.29, 0.717) is 12.2 Å². The van der Waals surface area contributed by atoms with Crippen LogP contribution >= 0.6 is 0 Å². The number of benzene rings is 1. The maximum absolute atomic E-state index is 11.4. The Hall–Kier alpha value is -1.20. The van der Waals surface area contributed by atoms with Gasteiger partial charge in [0.15, 0.2) is 0 Å². The fourth-order valence-corrected chi connectivity index (χ4v) is 1.50. The molecule has 1 rings (SSSR count). The molecule has 1 aromatic carbocycles. The Labute approximate surface area is 97.4 Å². The van der Waals surface area contributed by atoms with Gasteiger partial charge in [-0.3, -0.25) is 4.18 Å². The van der Waals surface area contributed by atoms with E-state index in [1.165, 1.54) is 0 Å². The van der Waals surface area contributed by atoms with E-state index >= 15 is 0 Å². The van der Waals surface area contributed by atoms with Gasteiger partial charge in [-0.15, -0.1) is 0 Å². The van der Waals surface area contributed by atoms with Crippen LogP contribution in [0.15, 0.2) is 30.3 Å². The Morgan fingerprint density at radius 1 is 1.31 bits per heavy atom. The van der Waals surface area contributed by atoms with E-state index in [-0.39, 0.29) is 0 Å². The van der Waals surface area contributed by atoms with Crippen LogP contribution in [0.5, 0.6) is 0 Å². The number of hydrogen-bond donors (Lipinski definition) is 0. The van der Waals surface area contributed by atoms with Crippen LogP contribution < -0.4 is 0 Å². The number of hydrogen-bond acceptors (Lipinski definition) is 4. The van der Waals surface area contributed by atoms with Gasteiger partial charge in [-0.2, -0.15) is 4.21 Å². The summed E-state index contributed by atoms with van der Waals surface area (Å²) in [5.41, 5.74) is 0.356. The molecule has 88 valence electrons. The Morgan fingerprint density at radius 2 is 2.00 bits per heavy atom. The Balaban J connectivity index is 2.37. The highest BCUT2D eigenvalue weighted by molar-refractivity contribution is 7.75. The summed E-state index contributed by atoms with van der Waals surface area (Å²) in [5.74, 6) is -0.643. The molecular weight excluding hydrogens is 228 g/mol. The molecule has 1 atom stereocenters. The average molecular weight is 242 g/mol. The first kappa shape index (κ1) is 12.9. The van der Waals surface area contributed by atoms with Crippen LogP contribution in [0.2, 0.25) is 0 Å². The molecule has 0 aliphatic carbocycles. The second kappa shape index (κ2) is 7.14. The monoisotopic (exact) mass is 242 g/mol. The van der Waals surface area contributed by atoms with Crippen LogP contribution in [0.1, 0.15) is 30.1 Å². The van der Waals surface area contributed by atoms with E-state index in [4.69, 9.17) is 4.18 Å². The number of rotatable bonds is 6. The molecule has 0 fully saturated rings. The van der Waals surface area contributed by atoms with Crippen LogP contribution in [0.4, 0.5) is 0 Å². The van der Waals surface area contributed by atoms with Crippen molar-refractivity contribution in [2.24, 2.45) is 0 Å². The van der Waals surface area contributed by atoms with Crippen LogP contribution in [-0.4, -0.2) is 16.8 Å². The van der Waals surface area contributed by atoms with E-state index in [2.05, 4.69) is 4.18 Å². The third-order valence-corrected chi connectivity index (χ3v) is 2.48. The first-order valence-electron chi connectivity index (χ1n) is 5.06. The van der Waals surface area contributed by atoms with Crippen LogP contribution in [0.25, 0.3) is 0 Å². The number of carbonyl (C=O) groups excluding carboxylic acids is 1. The molecule has 0 aliphatic heterocycles. The average Bonchev–Trinajstić information content (AvgIpc) is 2.30. The predicted octanol–water partition coefficient (Wildman–Crippen LogP) is 2.24. The topological polar surface area (TPSA) is 52.6 Å². The summed E-state index contributed by atoms with van der Waals surface area (Å²) in [7, 11) is 0. The van der Waals surface area contributed by atoms with Gasteiger partial charge in [-0.25, -0.2) is 4.79 Å². The van der Waals surface area contributed by atoms with Crippen molar-refractivity contribution in [3.8, 4) is 0 Å². The van der Waals surface area contributed by atoms with Crippen molar-refractivity contribution < 1.29 is 17.4 Å². The van der Waals surface area contributed by atoms with Gasteiger partial charge in [-0.1, -0.05) is 31.5 Å². The summed E-state index contributed by atoms with van der Waals surface area (Å²) in [4.78, 5) is 11.4. The Bertz CT molecular complexity index is 350. The molecule has 0 aliphatic rings. The van der Waals surface area contributed by atoms with Gasteiger partial charge < -0.3 is 4.18 Å². The fraction of sp³-hybridized carbons (Fsp3) is 0.364. The van der Waals surface area contributed by atoms with E-state index < -0.39 is 17.3 Å². The minimum Gasteiger partial charge on any atom is -0.339 e. The standard InChI is InChI=1S/C11H14O4S/c1-2-3-9-14-16(13)15-11(12)10-7-5-4-6-8-10/h4-8H,2-3,9H2,1H3. The molecule has 0 bridgehead atoms. The lowest BCUT2D eigenvalue weighted by Crippen LogP contribution is -2.10. The molecule has 4 nitrogen and oxygen atoms in total. The minimum atomic E-state index is -2.00. The van der Waals surface area contributed by atoms with Gasteiger partial charge >= 0.3 is 17.3 Å². The van der Waals surface area contributed by atoms with Gasteiger partial charge in [0.05, 0.1) is 12.2 Å². The summed E-state index contributed by atoms with van der Waals surface area (Å²) in [6, 6.07) is 8.37. The van der Waals surface area contributed by atoms with Crippen molar-refractivity contribution in [2.45, 2.75) is 19.8 Å². The van der Waals surface area contributed by atoms with Crippen molar-refractivity contribution in [2.75, 3.05) is 6.61 Å². The molecule has 0 heterocycles. The Morgan fingerprint density at radius 3 is 2.62 bits per heavy atom. The predicted molar refractivity (Wildman–Crippen MR) is 60.9 cm³/mol. The van der Waals surface area contributed by atoms with Gasteiger partial charge in [-0.05, 0) is 18.6 Å². The largest absolute Gasteiger partial charge is 0.363 e. The molecule has 0 saturated heterocycles. The third kappa shape index (κ3) is 4.55.